The van der Waals surface area contributed by atoms with Gasteiger partial charge in [-0.2, -0.15) is 0 Å². The summed E-state index contributed by atoms with van der Waals surface area (Å²) in [5.41, 5.74) is 26.0. The number of benzene rings is 16. The largest absolute Gasteiger partial charge is 0.309 e. The van der Waals surface area contributed by atoms with Crippen LogP contribution in [0.2, 0.25) is 0 Å². The van der Waals surface area contributed by atoms with Gasteiger partial charge >= 0.3 is 0 Å². The minimum Gasteiger partial charge on any atom is -0.309 e. The summed E-state index contributed by atoms with van der Waals surface area (Å²) in [7, 11) is 0. The van der Waals surface area contributed by atoms with E-state index < -0.39 is 0 Å². The van der Waals surface area contributed by atoms with Gasteiger partial charge in [0, 0.05) is 47.6 Å². The Morgan fingerprint density at radius 2 is 0.781 bits per heavy atom. The average molecular weight is 1240 g/mol. The molecule has 0 amide bonds. The van der Waals surface area contributed by atoms with Gasteiger partial charge in [-0.05, 0) is 228 Å². The SMILES string of the molecule is C=C/C=C\c1c(C)c2ccc(-c3cccc4c3sc3c(-c5ccc(-c6ccccc6)cc5)cc(-c5ccc6c7ccc(-c8cccc(-c9ccc%10c(c9)c9cc%11c(cc9n%10-c9ccccc9)C(C)(C)c9ccccc9-%11)c8)cc7c7ccccc7c6c5)cc34)cc2c2ccccc12. The summed E-state index contributed by atoms with van der Waals surface area (Å²) >= 11 is 1.92. The molecule has 1 aliphatic carbocycles. The first-order valence-electron chi connectivity index (χ1n) is 33.4. The van der Waals surface area contributed by atoms with Crippen molar-refractivity contribution in [3.8, 4) is 83.6 Å². The predicted octanol–water partition coefficient (Wildman–Crippen LogP) is 26.7. The number of hydrogen-bond acceptors (Lipinski definition) is 1. The molecule has 0 saturated heterocycles. The van der Waals surface area contributed by atoms with Crippen LogP contribution in [0.15, 0.2) is 316 Å². The summed E-state index contributed by atoms with van der Waals surface area (Å²) in [6, 6.07) is 112. The topological polar surface area (TPSA) is 4.93 Å². The summed E-state index contributed by atoms with van der Waals surface area (Å²) in [6.45, 7) is 11.0. The van der Waals surface area contributed by atoms with Crippen molar-refractivity contribution in [3.63, 3.8) is 0 Å². The highest BCUT2D eigenvalue weighted by Gasteiger charge is 2.36. The Balaban J connectivity index is 0.729. The molecular formula is C94H63NS. The fourth-order valence-electron chi connectivity index (χ4n) is 16.4. The summed E-state index contributed by atoms with van der Waals surface area (Å²) in [5, 5.41) is 17.6. The van der Waals surface area contributed by atoms with E-state index in [1.165, 1.54) is 202 Å². The van der Waals surface area contributed by atoms with E-state index in [2.05, 4.69) is 335 Å². The van der Waals surface area contributed by atoms with Crippen molar-refractivity contribution in [1.29, 1.82) is 0 Å². The lowest BCUT2D eigenvalue weighted by molar-refractivity contribution is 0.661. The van der Waals surface area contributed by atoms with E-state index in [1.807, 2.05) is 23.5 Å². The summed E-state index contributed by atoms with van der Waals surface area (Å²) in [6.07, 6.45) is 6.11. The van der Waals surface area contributed by atoms with Crippen LogP contribution in [-0.2, 0) is 5.41 Å². The van der Waals surface area contributed by atoms with Gasteiger partial charge in [0.2, 0.25) is 0 Å². The van der Waals surface area contributed by atoms with Gasteiger partial charge in [-0.15, -0.1) is 11.3 Å². The zero-order valence-electron chi connectivity index (χ0n) is 53.6. The van der Waals surface area contributed by atoms with Crippen molar-refractivity contribution in [1.82, 2.24) is 4.57 Å². The molecule has 0 saturated carbocycles. The van der Waals surface area contributed by atoms with E-state index in [9.17, 15) is 0 Å². The van der Waals surface area contributed by atoms with Gasteiger partial charge in [-0.1, -0.05) is 263 Å². The van der Waals surface area contributed by atoms with Crippen LogP contribution in [-0.4, -0.2) is 4.57 Å². The maximum Gasteiger partial charge on any atom is 0.0544 e. The van der Waals surface area contributed by atoms with Gasteiger partial charge < -0.3 is 4.57 Å². The molecular weight excluding hydrogens is 1180 g/mol. The Morgan fingerprint density at radius 3 is 1.51 bits per heavy atom. The quantitative estimate of drug-likeness (QED) is 0.100. The lowest BCUT2D eigenvalue weighted by Crippen LogP contribution is -2.14. The van der Waals surface area contributed by atoms with Gasteiger partial charge in [-0.25, -0.2) is 0 Å². The fourth-order valence-corrected chi connectivity index (χ4v) is 17.7. The molecule has 18 aromatic rings. The Bertz CT molecular complexity index is 6330. The van der Waals surface area contributed by atoms with Crippen molar-refractivity contribution in [3.05, 3.63) is 338 Å². The molecule has 16 aromatic carbocycles. The average Bonchev–Trinajstić information content (AvgIpc) is 1.47. The first-order valence-corrected chi connectivity index (χ1v) is 34.2. The monoisotopic (exact) mass is 1240 g/mol. The number of aromatic nitrogens is 1. The molecule has 0 fully saturated rings. The normalized spacial score (nSPS) is 12.8. The van der Waals surface area contributed by atoms with E-state index in [-0.39, 0.29) is 5.41 Å². The molecule has 0 radical (unpaired) electrons. The molecule has 0 bridgehead atoms. The molecule has 0 atom stereocenters. The van der Waals surface area contributed by atoms with Crippen LogP contribution >= 0.6 is 11.3 Å². The van der Waals surface area contributed by atoms with Crippen molar-refractivity contribution >= 4 is 113 Å². The molecule has 0 aliphatic heterocycles. The first-order chi connectivity index (χ1) is 47.2. The first kappa shape index (κ1) is 55.9. The van der Waals surface area contributed by atoms with E-state index in [0.717, 1.165) is 0 Å². The maximum absolute atomic E-state index is 3.97. The second kappa shape index (κ2) is 21.7. The van der Waals surface area contributed by atoms with Crippen LogP contribution in [0.1, 0.15) is 36.1 Å². The molecule has 19 rings (SSSR count). The van der Waals surface area contributed by atoms with Crippen LogP contribution in [0.3, 0.4) is 0 Å². The standard InChI is InChI=1S/C94H63NS/c1-5-6-27-69-57(2)70-44-42-66(52-81(70)73-29-14-13-28-72(69)73)71-33-20-34-79-87-54-67(53-80(93(87)96-92(71)79)60-38-36-59(37-39-60)58-21-9-7-10-22-58)65-41-46-77-76-45-40-63(49-82(76)74-30-15-16-31-75(74)83(77)50-65)61-23-19-24-62(48-61)64-43-47-90-85(51-64)86-55-84-78-32-17-18-35-88(78)94(3,4)89(84)56-91(86)95(90)68-25-11-8-12-26-68/h5-56H,1H2,2-4H3/b27-6-. The summed E-state index contributed by atoms with van der Waals surface area (Å²) in [4.78, 5) is 0. The van der Waals surface area contributed by atoms with Crippen molar-refractivity contribution in [2.24, 2.45) is 0 Å². The molecule has 0 spiro atoms. The van der Waals surface area contributed by atoms with Crippen LogP contribution in [0.5, 0.6) is 0 Å². The second-order valence-corrected chi connectivity index (χ2v) is 27.7. The number of aryl methyl sites for hydroxylation is 1. The van der Waals surface area contributed by atoms with Gasteiger partial charge in [0.05, 0.1) is 11.0 Å². The van der Waals surface area contributed by atoms with E-state index >= 15 is 0 Å². The number of hydrogen-bond donors (Lipinski definition) is 0. The molecule has 2 aromatic heterocycles. The Hall–Kier alpha value is -11.7. The third-order valence-electron chi connectivity index (χ3n) is 21.1. The lowest BCUT2D eigenvalue weighted by atomic mass is 9.82. The number of fused-ring (bicyclic) bond motifs is 18. The number of nitrogens with zero attached hydrogens (tertiary/aromatic N) is 1. The van der Waals surface area contributed by atoms with Gasteiger partial charge in [-0.3, -0.25) is 0 Å². The maximum atomic E-state index is 3.97. The smallest absolute Gasteiger partial charge is 0.0544 e. The molecule has 0 unspecified atom stereocenters. The van der Waals surface area contributed by atoms with E-state index in [0.29, 0.717) is 0 Å². The van der Waals surface area contributed by atoms with Gasteiger partial charge in [0.1, 0.15) is 0 Å². The zero-order chi connectivity index (χ0) is 63.9. The molecule has 0 N–H and O–H groups in total. The van der Waals surface area contributed by atoms with Gasteiger partial charge in [0.25, 0.3) is 0 Å². The highest BCUT2D eigenvalue weighted by Crippen LogP contribution is 2.53. The summed E-state index contributed by atoms with van der Waals surface area (Å²) in [5.74, 6) is 0. The number of allylic oxidation sites excluding steroid dienone is 2. The van der Waals surface area contributed by atoms with Crippen molar-refractivity contribution in [2.45, 2.75) is 26.2 Å². The molecule has 96 heavy (non-hydrogen) atoms. The van der Waals surface area contributed by atoms with Crippen LogP contribution in [0, 0.1) is 6.92 Å². The molecule has 2 heteroatoms. The molecule has 1 aliphatic rings. The van der Waals surface area contributed by atoms with E-state index in [4.69, 9.17) is 0 Å². The van der Waals surface area contributed by atoms with Gasteiger partial charge in [0.15, 0.2) is 0 Å². The van der Waals surface area contributed by atoms with Crippen molar-refractivity contribution < 1.29 is 0 Å². The predicted molar refractivity (Wildman–Crippen MR) is 415 cm³/mol. The van der Waals surface area contributed by atoms with Crippen LogP contribution in [0.4, 0.5) is 0 Å². The number of thiophene rings is 1. The Labute approximate surface area is 562 Å². The number of para-hydroxylation sites is 1. The zero-order valence-corrected chi connectivity index (χ0v) is 54.4. The third-order valence-corrected chi connectivity index (χ3v) is 22.4. The molecule has 1 nitrogen and oxygen atoms in total. The summed E-state index contributed by atoms with van der Waals surface area (Å²) < 4.78 is 5.05. The highest BCUT2D eigenvalue weighted by molar-refractivity contribution is 7.27. The Kier molecular flexibility index (Phi) is 12.6. The number of rotatable bonds is 9. The molecule has 450 valence electrons. The third kappa shape index (κ3) is 8.62. The molecule has 2 heterocycles. The highest BCUT2D eigenvalue weighted by atomic mass is 32.1. The van der Waals surface area contributed by atoms with Crippen LogP contribution < -0.4 is 0 Å². The second-order valence-electron chi connectivity index (χ2n) is 26.7. The minimum atomic E-state index is -0.102. The van der Waals surface area contributed by atoms with E-state index in [1.54, 1.807) is 0 Å². The van der Waals surface area contributed by atoms with Crippen molar-refractivity contribution in [2.75, 3.05) is 0 Å². The lowest BCUT2D eigenvalue weighted by Gasteiger charge is -2.21. The Morgan fingerprint density at radius 1 is 0.302 bits per heavy atom. The van der Waals surface area contributed by atoms with Crippen LogP contribution in [0.25, 0.3) is 185 Å². The fraction of sp³-hybridized carbons (Fsp3) is 0.0426. The minimum absolute atomic E-state index is 0.102.